The summed E-state index contributed by atoms with van der Waals surface area (Å²) in [7, 11) is 1.64. The molecule has 2 aromatic rings. The Balaban J connectivity index is 2.30. The molecule has 0 saturated carbocycles. The van der Waals surface area contributed by atoms with Gasteiger partial charge in [0, 0.05) is 31.7 Å². The smallest absolute Gasteiger partial charge is 0.274 e. The maximum Gasteiger partial charge on any atom is 0.274 e. The predicted molar refractivity (Wildman–Crippen MR) is 79.7 cm³/mol. The molecule has 0 N–H and O–H groups in total. The number of halogens is 1. The highest BCUT2D eigenvalue weighted by Gasteiger charge is 2.19. The summed E-state index contributed by atoms with van der Waals surface area (Å²) in [6.07, 6.45) is 1.39. The normalized spacial score (nSPS) is 15.2. The van der Waals surface area contributed by atoms with E-state index in [0.29, 0.717) is 48.5 Å². The summed E-state index contributed by atoms with van der Waals surface area (Å²) in [4.78, 5) is 18.6. The van der Waals surface area contributed by atoms with Crippen LogP contribution >= 0.6 is 11.6 Å². The third kappa shape index (κ3) is 2.24. The Bertz CT molecular complexity index is 803. The number of hydrogen-bond donors (Lipinski definition) is 0. The fourth-order valence-electron chi connectivity index (χ4n) is 2.57. The van der Waals surface area contributed by atoms with Crippen LogP contribution in [-0.4, -0.2) is 35.9 Å². The van der Waals surface area contributed by atoms with Gasteiger partial charge in [0.05, 0.1) is 24.3 Å². The van der Waals surface area contributed by atoms with Gasteiger partial charge in [0.25, 0.3) is 5.56 Å². The third-order valence-corrected chi connectivity index (χ3v) is 3.95. The zero-order chi connectivity index (χ0) is 15.0. The van der Waals surface area contributed by atoms with Gasteiger partial charge in [-0.2, -0.15) is 5.26 Å². The number of ether oxygens (including phenoxy) is 1. The Hall–Kier alpha value is -2.10. The maximum atomic E-state index is 12.6. The molecule has 0 aromatic carbocycles. The summed E-state index contributed by atoms with van der Waals surface area (Å²) in [6.45, 7) is 2.49. The first-order valence-electron chi connectivity index (χ1n) is 6.54. The van der Waals surface area contributed by atoms with E-state index in [1.807, 2.05) is 11.0 Å². The van der Waals surface area contributed by atoms with Crippen LogP contribution in [0.1, 0.15) is 5.56 Å². The van der Waals surface area contributed by atoms with E-state index in [9.17, 15) is 10.1 Å². The van der Waals surface area contributed by atoms with E-state index in [1.165, 1.54) is 10.8 Å². The van der Waals surface area contributed by atoms with E-state index in [-0.39, 0.29) is 10.7 Å². The molecule has 1 aliphatic heterocycles. The first kappa shape index (κ1) is 13.9. The van der Waals surface area contributed by atoms with E-state index in [2.05, 4.69) is 4.98 Å². The van der Waals surface area contributed by atoms with Gasteiger partial charge in [-0.15, -0.1) is 0 Å². The van der Waals surface area contributed by atoms with E-state index in [4.69, 9.17) is 16.3 Å². The van der Waals surface area contributed by atoms with Crippen LogP contribution in [0.4, 0.5) is 5.69 Å². The molecule has 6 nitrogen and oxygen atoms in total. The van der Waals surface area contributed by atoms with Gasteiger partial charge in [0.2, 0.25) is 0 Å². The Labute approximate surface area is 126 Å². The number of pyridine rings is 2. The molecule has 108 valence electrons. The minimum absolute atomic E-state index is 0.150. The summed E-state index contributed by atoms with van der Waals surface area (Å²) in [5.41, 5.74) is 1.26. The SMILES string of the molecule is Cn1c(=O)c(N2CCOCC2)cc2c(Cl)ncc(C#N)c21. The molecule has 0 spiro atoms. The summed E-state index contributed by atoms with van der Waals surface area (Å²) >= 11 is 6.14. The largest absolute Gasteiger partial charge is 0.378 e. The molecule has 1 saturated heterocycles. The lowest BCUT2D eigenvalue weighted by molar-refractivity contribution is 0.122. The summed E-state index contributed by atoms with van der Waals surface area (Å²) < 4.78 is 6.77. The van der Waals surface area contributed by atoms with Gasteiger partial charge in [-0.25, -0.2) is 4.98 Å². The van der Waals surface area contributed by atoms with Crippen LogP contribution < -0.4 is 10.5 Å². The highest BCUT2D eigenvalue weighted by atomic mass is 35.5. The Morgan fingerprint density at radius 3 is 2.81 bits per heavy atom. The molecule has 3 rings (SSSR count). The second kappa shape index (κ2) is 5.35. The Morgan fingerprint density at radius 2 is 2.14 bits per heavy atom. The quantitative estimate of drug-likeness (QED) is 0.743. The molecule has 0 atom stereocenters. The monoisotopic (exact) mass is 304 g/mol. The average Bonchev–Trinajstić information content (AvgIpc) is 2.52. The average molecular weight is 305 g/mol. The number of nitrogens with zero attached hydrogens (tertiary/aromatic N) is 4. The lowest BCUT2D eigenvalue weighted by atomic mass is 10.1. The second-order valence-corrected chi connectivity index (χ2v) is 5.19. The molecule has 3 heterocycles. The van der Waals surface area contributed by atoms with Crippen LogP contribution in [0.25, 0.3) is 10.9 Å². The van der Waals surface area contributed by atoms with Crippen LogP contribution in [0.15, 0.2) is 17.1 Å². The van der Waals surface area contributed by atoms with E-state index < -0.39 is 0 Å². The predicted octanol–water partition coefficient (Wildman–Crippen LogP) is 1.30. The van der Waals surface area contributed by atoms with Crippen molar-refractivity contribution >= 4 is 28.2 Å². The van der Waals surface area contributed by atoms with Crippen molar-refractivity contribution in [1.82, 2.24) is 9.55 Å². The molecule has 0 bridgehead atoms. The zero-order valence-electron chi connectivity index (χ0n) is 11.5. The van der Waals surface area contributed by atoms with E-state index in [1.54, 1.807) is 13.1 Å². The first-order chi connectivity index (χ1) is 10.1. The molecule has 1 fully saturated rings. The number of rotatable bonds is 1. The molecule has 0 radical (unpaired) electrons. The molecule has 0 unspecified atom stereocenters. The van der Waals surface area contributed by atoms with Crippen molar-refractivity contribution in [3.05, 3.63) is 33.3 Å². The van der Waals surface area contributed by atoms with E-state index >= 15 is 0 Å². The number of anilines is 1. The summed E-state index contributed by atoms with van der Waals surface area (Å²) in [5, 5.41) is 10.1. The van der Waals surface area contributed by atoms with Crippen molar-refractivity contribution in [2.24, 2.45) is 7.05 Å². The minimum atomic E-state index is -0.150. The van der Waals surface area contributed by atoms with Crippen molar-refractivity contribution in [1.29, 1.82) is 5.26 Å². The lowest BCUT2D eigenvalue weighted by Crippen LogP contribution is -2.40. The van der Waals surface area contributed by atoms with Gasteiger partial charge in [0.1, 0.15) is 16.9 Å². The van der Waals surface area contributed by atoms with Crippen molar-refractivity contribution < 1.29 is 4.74 Å². The second-order valence-electron chi connectivity index (χ2n) is 4.83. The highest BCUT2D eigenvalue weighted by molar-refractivity contribution is 6.34. The zero-order valence-corrected chi connectivity index (χ0v) is 12.2. The third-order valence-electron chi connectivity index (χ3n) is 3.65. The molecule has 0 aliphatic carbocycles. The molecule has 21 heavy (non-hydrogen) atoms. The molecule has 0 amide bonds. The molecular weight excluding hydrogens is 292 g/mol. The topological polar surface area (TPSA) is 71.2 Å². The van der Waals surface area contributed by atoms with Crippen LogP contribution in [0, 0.1) is 11.3 Å². The van der Waals surface area contributed by atoms with E-state index in [0.717, 1.165) is 0 Å². The molecule has 2 aromatic heterocycles. The van der Waals surface area contributed by atoms with Crippen molar-refractivity contribution in [3.63, 3.8) is 0 Å². The standard InChI is InChI=1S/C14H13ClN4O2/c1-18-12-9(7-16)8-17-13(15)10(12)6-11(14(18)20)19-2-4-21-5-3-19/h6,8H,2-5H2,1H3. The Morgan fingerprint density at radius 1 is 1.43 bits per heavy atom. The fourth-order valence-corrected chi connectivity index (χ4v) is 2.76. The van der Waals surface area contributed by atoms with Crippen molar-refractivity contribution in [2.45, 2.75) is 0 Å². The Kier molecular flexibility index (Phi) is 3.53. The van der Waals surface area contributed by atoms with Crippen molar-refractivity contribution in [2.75, 3.05) is 31.2 Å². The number of aromatic nitrogens is 2. The van der Waals surface area contributed by atoms with Crippen LogP contribution in [0.3, 0.4) is 0 Å². The van der Waals surface area contributed by atoms with Gasteiger partial charge in [-0.1, -0.05) is 11.6 Å². The summed E-state index contributed by atoms with van der Waals surface area (Å²) in [6, 6.07) is 3.77. The lowest BCUT2D eigenvalue weighted by Gasteiger charge is -2.28. The van der Waals surface area contributed by atoms with Crippen LogP contribution in [0.2, 0.25) is 5.15 Å². The number of hydrogen-bond acceptors (Lipinski definition) is 5. The molecule has 7 heteroatoms. The number of morpholine rings is 1. The number of aryl methyl sites for hydroxylation is 1. The number of fused-ring (bicyclic) bond motifs is 1. The van der Waals surface area contributed by atoms with Gasteiger partial charge >= 0.3 is 0 Å². The molecule has 1 aliphatic rings. The van der Waals surface area contributed by atoms with Crippen LogP contribution in [-0.2, 0) is 11.8 Å². The minimum Gasteiger partial charge on any atom is -0.378 e. The summed E-state index contributed by atoms with van der Waals surface area (Å²) in [5.74, 6) is 0. The van der Waals surface area contributed by atoms with Gasteiger partial charge in [-0.3, -0.25) is 4.79 Å². The maximum absolute atomic E-state index is 12.6. The number of nitriles is 1. The van der Waals surface area contributed by atoms with Gasteiger partial charge in [-0.05, 0) is 6.07 Å². The van der Waals surface area contributed by atoms with Gasteiger partial charge < -0.3 is 14.2 Å². The highest BCUT2D eigenvalue weighted by Crippen LogP contribution is 2.26. The van der Waals surface area contributed by atoms with Crippen LogP contribution in [0.5, 0.6) is 0 Å². The fraction of sp³-hybridized carbons (Fsp3) is 0.357. The first-order valence-corrected chi connectivity index (χ1v) is 6.92. The van der Waals surface area contributed by atoms with Gasteiger partial charge in [0.15, 0.2) is 0 Å². The van der Waals surface area contributed by atoms with Crippen molar-refractivity contribution in [3.8, 4) is 6.07 Å². The molecular formula is C14H13ClN4O2.